The number of piperidine rings is 1. The van der Waals surface area contributed by atoms with Gasteiger partial charge in [0.15, 0.2) is 0 Å². The monoisotopic (exact) mass is 585 g/mol. The SMILES string of the molecule is COc1ccc(Cl)c(OC2C(CCl)NC(N3CCOCC3)CC2NS(=O)(=O)c2ccc(C(C)(C)C)cc2)c1. The first-order valence-electron chi connectivity index (χ1n) is 12.8. The van der Waals surface area contributed by atoms with Crippen LogP contribution >= 0.6 is 23.2 Å². The smallest absolute Gasteiger partial charge is 0.240 e. The number of nitrogens with one attached hydrogen (secondary N) is 2. The molecule has 4 rings (SSSR count). The first kappa shape index (κ1) is 29.4. The average molecular weight is 587 g/mol. The molecular formula is C27H37Cl2N3O5S. The van der Waals surface area contributed by atoms with Crippen molar-refractivity contribution in [3.05, 3.63) is 53.1 Å². The van der Waals surface area contributed by atoms with Gasteiger partial charge >= 0.3 is 0 Å². The molecule has 2 saturated heterocycles. The third kappa shape index (κ3) is 6.94. The highest BCUT2D eigenvalue weighted by Crippen LogP contribution is 2.33. The lowest BCUT2D eigenvalue weighted by Gasteiger charge is -2.46. The molecule has 210 valence electrons. The summed E-state index contributed by atoms with van der Waals surface area (Å²) in [5, 5.41) is 3.97. The van der Waals surface area contributed by atoms with Crippen molar-refractivity contribution in [3.8, 4) is 11.5 Å². The highest BCUT2D eigenvalue weighted by Gasteiger charge is 2.43. The summed E-state index contributed by atoms with van der Waals surface area (Å²) >= 11 is 12.9. The van der Waals surface area contributed by atoms with E-state index < -0.39 is 22.2 Å². The van der Waals surface area contributed by atoms with E-state index >= 15 is 0 Å². The van der Waals surface area contributed by atoms with E-state index in [4.69, 9.17) is 37.4 Å². The van der Waals surface area contributed by atoms with Gasteiger partial charge in [-0.3, -0.25) is 10.2 Å². The number of alkyl halides is 1. The molecule has 38 heavy (non-hydrogen) atoms. The molecule has 2 heterocycles. The summed E-state index contributed by atoms with van der Waals surface area (Å²) in [5.74, 6) is 1.19. The number of nitrogens with zero attached hydrogens (tertiary/aromatic N) is 1. The zero-order chi connectivity index (χ0) is 27.5. The van der Waals surface area contributed by atoms with Crippen LogP contribution in [0.4, 0.5) is 0 Å². The van der Waals surface area contributed by atoms with Crippen LogP contribution in [0.3, 0.4) is 0 Å². The summed E-state index contributed by atoms with van der Waals surface area (Å²) in [6, 6.07) is 11.2. The Hall–Kier alpha value is -1.59. The molecule has 2 aromatic carbocycles. The largest absolute Gasteiger partial charge is 0.497 e. The van der Waals surface area contributed by atoms with Crippen LogP contribution in [0.25, 0.3) is 0 Å². The Bertz CT molecular complexity index is 1180. The number of methoxy groups -OCH3 is 1. The molecule has 4 unspecified atom stereocenters. The fourth-order valence-corrected chi connectivity index (χ4v) is 6.56. The second-order valence-corrected chi connectivity index (χ2v) is 13.1. The molecule has 0 spiro atoms. The van der Waals surface area contributed by atoms with Gasteiger partial charge in [-0.1, -0.05) is 44.5 Å². The van der Waals surface area contributed by atoms with Gasteiger partial charge in [-0.15, -0.1) is 11.6 Å². The summed E-state index contributed by atoms with van der Waals surface area (Å²) in [7, 11) is -2.30. The predicted octanol–water partition coefficient (Wildman–Crippen LogP) is 4.00. The van der Waals surface area contributed by atoms with Crippen molar-refractivity contribution in [1.82, 2.24) is 14.9 Å². The fraction of sp³-hybridized carbons (Fsp3) is 0.556. The molecular weight excluding hydrogens is 549 g/mol. The number of benzene rings is 2. The number of morpholine rings is 1. The Balaban J connectivity index is 1.64. The van der Waals surface area contributed by atoms with Crippen LogP contribution in [0.5, 0.6) is 11.5 Å². The minimum Gasteiger partial charge on any atom is -0.497 e. The fourth-order valence-electron chi connectivity index (χ4n) is 4.87. The summed E-state index contributed by atoms with van der Waals surface area (Å²) in [5.41, 5.74) is 0.973. The second-order valence-electron chi connectivity index (χ2n) is 10.7. The number of halogens is 2. The molecule has 4 atom stereocenters. The Morgan fingerprint density at radius 3 is 2.42 bits per heavy atom. The summed E-state index contributed by atoms with van der Waals surface area (Å²) in [6.45, 7) is 9.01. The molecule has 2 aromatic rings. The predicted molar refractivity (Wildman–Crippen MR) is 150 cm³/mol. The summed E-state index contributed by atoms with van der Waals surface area (Å²) in [6.07, 6.45) is -0.254. The van der Waals surface area contributed by atoms with Crippen molar-refractivity contribution >= 4 is 33.2 Å². The van der Waals surface area contributed by atoms with Gasteiger partial charge in [0.25, 0.3) is 0 Å². The van der Waals surface area contributed by atoms with Gasteiger partial charge < -0.3 is 14.2 Å². The first-order chi connectivity index (χ1) is 18.0. The summed E-state index contributed by atoms with van der Waals surface area (Å²) < 4.78 is 47.4. The first-order valence-corrected chi connectivity index (χ1v) is 15.2. The summed E-state index contributed by atoms with van der Waals surface area (Å²) in [4.78, 5) is 2.46. The van der Waals surface area contributed by atoms with Crippen molar-refractivity contribution in [1.29, 1.82) is 0 Å². The van der Waals surface area contributed by atoms with Gasteiger partial charge in [0.1, 0.15) is 17.6 Å². The van der Waals surface area contributed by atoms with E-state index in [-0.39, 0.29) is 28.4 Å². The Labute approximate surface area is 236 Å². The maximum atomic E-state index is 13.6. The van der Waals surface area contributed by atoms with Crippen LogP contribution < -0.4 is 19.5 Å². The highest BCUT2D eigenvalue weighted by molar-refractivity contribution is 7.89. The van der Waals surface area contributed by atoms with Crippen LogP contribution in [0.2, 0.25) is 5.02 Å². The van der Waals surface area contributed by atoms with Crippen molar-refractivity contribution in [2.75, 3.05) is 39.3 Å². The molecule has 0 aliphatic carbocycles. The topological polar surface area (TPSA) is 89.1 Å². The average Bonchev–Trinajstić information content (AvgIpc) is 2.90. The zero-order valence-corrected chi connectivity index (χ0v) is 24.6. The lowest BCUT2D eigenvalue weighted by atomic mass is 9.87. The van der Waals surface area contributed by atoms with Crippen molar-refractivity contribution in [2.24, 2.45) is 0 Å². The van der Waals surface area contributed by atoms with E-state index in [0.717, 1.165) is 18.7 Å². The Morgan fingerprint density at radius 2 is 1.82 bits per heavy atom. The molecule has 0 amide bonds. The molecule has 0 radical (unpaired) electrons. The number of ether oxygens (including phenoxy) is 3. The minimum atomic E-state index is -3.86. The molecule has 2 fully saturated rings. The normalized spacial score (nSPS) is 25.2. The molecule has 0 saturated carbocycles. The third-order valence-electron chi connectivity index (χ3n) is 7.07. The van der Waals surface area contributed by atoms with Crippen LogP contribution in [0.1, 0.15) is 32.8 Å². The van der Waals surface area contributed by atoms with Gasteiger partial charge in [-0.2, -0.15) is 0 Å². The maximum absolute atomic E-state index is 13.6. The Morgan fingerprint density at radius 1 is 1.13 bits per heavy atom. The quantitative estimate of drug-likeness (QED) is 0.452. The number of rotatable bonds is 8. The van der Waals surface area contributed by atoms with Crippen LogP contribution in [0.15, 0.2) is 47.4 Å². The maximum Gasteiger partial charge on any atom is 0.240 e. The highest BCUT2D eigenvalue weighted by atomic mass is 35.5. The van der Waals surface area contributed by atoms with E-state index in [1.807, 2.05) is 12.1 Å². The molecule has 8 nitrogen and oxygen atoms in total. The molecule has 2 aliphatic rings. The molecule has 2 aliphatic heterocycles. The molecule has 0 aromatic heterocycles. The van der Waals surface area contributed by atoms with Gasteiger partial charge in [-0.05, 0) is 41.7 Å². The third-order valence-corrected chi connectivity index (χ3v) is 9.22. The van der Waals surface area contributed by atoms with E-state index in [9.17, 15) is 8.42 Å². The minimum absolute atomic E-state index is 0.0847. The van der Waals surface area contributed by atoms with Gasteiger partial charge in [0.05, 0.1) is 48.5 Å². The van der Waals surface area contributed by atoms with Crippen molar-refractivity contribution in [3.63, 3.8) is 0 Å². The van der Waals surface area contributed by atoms with Gasteiger partial charge in [0.2, 0.25) is 10.0 Å². The molecule has 11 heteroatoms. The molecule has 0 bridgehead atoms. The Kier molecular flexibility index (Phi) is 9.51. The van der Waals surface area contributed by atoms with E-state index in [0.29, 0.717) is 36.2 Å². The lowest BCUT2D eigenvalue weighted by molar-refractivity contribution is -0.0239. The second kappa shape index (κ2) is 12.3. The van der Waals surface area contributed by atoms with E-state index in [1.54, 1.807) is 37.4 Å². The van der Waals surface area contributed by atoms with Crippen LogP contribution in [0, 0.1) is 0 Å². The number of hydrogen-bond acceptors (Lipinski definition) is 7. The zero-order valence-electron chi connectivity index (χ0n) is 22.2. The lowest BCUT2D eigenvalue weighted by Crippen LogP contribution is -2.68. The van der Waals surface area contributed by atoms with Crippen LogP contribution in [-0.2, 0) is 20.2 Å². The number of hydrogen-bond donors (Lipinski definition) is 2. The standard InChI is InChI=1S/C27H37Cl2N3O5S/c1-27(2,3)18-5-8-20(9-6-18)38(33,34)31-22-16-25(32-11-13-36-14-12-32)30-23(17-28)26(22)37-24-15-19(35-4)7-10-21(24)29/h5-10,15,22-23,25-26,30-31H,11-14,16-17H2,1-4H3. The molecule has 2 N–H and O–H groups in total. The number of sulfonamides is 1. The van der Waals surface area contributed by atoms with E-state index in [1.165, 1.54) is 0 Å². The van der Waals surface area contributed by atoms with E-state index in [2.05, 4.69) is 35.7 Å². The van der Waals surface area contributed by atoms with Crippen molar-refractivity contribution in [2.45, 2.75) is 61.9 Å². The van der Waals surface area contributed by atoms with Crippen LogP contribution in [-0.4, -0.2) is 77.0 Å². The van der Waals surface area contributed by atoms with Gasteiger partial charge in [0, 0.05) is 25.0 Å². The van der Waals surface area contributed by atoms with Crippen molar-refractivity contribution < 1.29 is 22.6 Å². The van der Waals surface area contributed by atoms with Gasteiger partial charge in [-0.25, -0.2) is 13.1 Å².